The van der Waals surface area contributed by atoms with Crippen LogP contribution in [-0.2, 0) is 12.0 Å². The summed E-state index contributed by atoms with van der Waals surface area (Å²) >= 11 is 0. The number of aromatic hydroxyl groups is 1. The molecule has 1 heterocycles. The summed E-state index contributed by atoms with van der Waals surface area (Å²) in [5.74, 6) is 0.304. The van der Waals surface area contributed by atoms with E-state index >= 15 is 0 Å². The van der Waals surface area contributed by atoms with Gasteiger partial charge in [0.25, 0.3) is 0 Å². The van der Waals surface area contributed by atoms with Crippen molar-refractivity contribution in [3.05, 3.63) is 35.5 Å². The molecule has 102 valence electrons. The third kappa shape index (κ3) is 2.50. The summed E-state index contributed by atoms with van der Waals surface area (Å²) in [6.07, 6.45) is 0. The van der Waals surface area contributed by atoms with E-state index in [9.17, 15) is 5.11 Å². The molecule has 2 aromatic rings. The van der Waals surface area contributed by atoms with Crippen molar-refractivity contribution in [1.29, 1.82) is 0 Å². The number of benzene rings is 1. The van der Waals surface area contributed by atoms with Crippen LogP contribution in [-0.4, -0.2) is 14.9 Å². The molecule has 1 N–H and O–H groups in total. The van der Waals surface area contributed by atoms with Gasteiger partial charge in [-0.1, -0.05) is 50.6 Å². The summed E-state index contributed by atoms with van der Waals surface area (Å²) in [5, 5.41) is 15.1. The fourth-order valence-corrected chi connectivity index (χ4v) is 2.33. The van der Waals surface area contributed by atoms with Gasteiger partial charge in [-0.15, -0.1) is 0 Å². The molecule has 0 saturated carbocycles. The molecule has 1 aromatic carbocycles. The van der Waals surface area contributed by atoms with E-state index in [-0.39, 0.29) is 5.41 Å². The molecule has 3 heteroatoms. The second-order valence-electron chi connectivity index (χ2n) is 5.98. The first-order chi connectivity index (χ1) is 8.84. The summed E-state index contributed by atoms with van der Waals surface area (Å²) in [4.78, 5) is 0. The number of hydrogen-bond acceptors (Lipinski definition) is 2. The molecule has 0 bridgehead atoms. The molecule has 19 heavy (non-hydrogen) atoms. The van der Waals surface area contributed by atoms with Crippen LogP contribution in [0, 0.1) is 6.92 Å². The number of rotatable bonds is 2. The lowest BCUT2D eigenvalue weighted by Crippen LogP contribution is -2.18. The second kappa shape index (κ2) is 4.72. The molecule has 0 aliphatic rings. The quantitative estimate of drug-likeness (QED) is 0.887. The van der Waals surface area contributed by atoms with Gasteiger partial charge in [-0.05, 0) is 13.8 Å². The van der Waals surface area contributed by atoms with Crippen LogP contribution in [0.2, 0.25) is 0 Å². The van der Waals surface area contributed by atoms with Gasteiger partial charge in [-0.3, -0.25) is 4.68 Å². The highest BCUT2D eigenvalue weighted by Gasteiger charge is 2.27. The van der Waals surface area contributed by atoms with Gasteiger partial charge >= 0.3 is 0 Å². The summed E-state index contributed by atoms with van der Waals surface area (Å²) < 4.78 is 1.89. The largest absolute Gasteiger partial charge is 0.504 e. The second-order valence-corrected chi connectivity index (χ2v) is 5.98. The third-order valence-corrected chi connectivity index (χ3v) is 3.26. The Morgan fingerprint density at radius 1 is 1.16 bits per heavy atom. The van der Waals surface area contributed by atoms with Crippen LogP contribution in [0.4, 0.5) is 0 Å². The highest BCUT2D eigenvalue weighted by molar-refractivity contribution is 5.68. The van der Waals surface area contributed by atoms with Crippen molar-refractivity contribution in [3.8, 4) is 17.0 Å². The molecule has 0 aliphatic heterocycles. The number of aromatic nitrogens is 2. The Hall–Kier alpha value is -1.77. The minimum absolute atomic E-state index is 0.129. The van der Waals surface area contributed by atoms with E-state index in [1.807, 2.05) is 35.9 Å². The van der Waals surface area contributed by atoms with E-state index in [1.54, 1.807) is 0 Å². The van der Waals surface area contributed by atoms with Gasteiger partial charge in [0, 0.05) is 17.5 Å². The molecule has 2 rings (SSSR count). The highest BCUT2D eigenvalue weighted by Crippen LogP contribution is 2.38. The Balaban J connectivity index is 2.60. The Bertz CT molecular complexity index is 574. The molecule has 3 nitrogen and oxygen atoms in total. The van der Waals surface area contributed by atoms with Gasteiger partial charge in [0.1, 0.15) is 5.69 Å². The van der Waals surface area contributed by atoms with E-state index in [2.05, 4.69) is 32.8 Å². The maximum Gasteiger partial charge on any atom is 0.165 e. The van der Waals surface area contributed by atoms with Gasteiger partial charge < -0.3 is 5.11 Å². The molecular weight excluding hydrogens is 236 g/mol. The number of hydrogen-bond donors (Lipinski definition) is 1. The average molecular weight is 258 g/mol. The van der Waals surface area contributed by atoms with E-state index in [0.717, 1.165) is 17.8 Å². The fraction of sp³-hybridized carbons (Fsp3) is 0.438. The third-order valence-electron chi connectivity index (χ3n) is 3.26. The molecule has 0 saturated heterocycles. The first kappa shape index (κ1) is 13.7. The summed E-state index contributed by atoms with van der Waals surface area (Å²) in [6.45, 7) is 11.1. The maximum absolute atomic E-state index is 10.5. The van der Waals surface area contributed by atoms with Crippen LogP contribution < -0.4 is 0 Å². The van der Waals surface area contributed by atoms with Crippen LogP contribution in [0.25, 0.3) is 11.3 Å². The zero-order chi connectivity index (χ0) is 14.2. The molecule has 0 amide bonds. The molecule has 1 aromatic heterocycles. The van der Waals surface area contributed by atoms with Crippen molar-refractivity contribution < 1.29 is 5.11 Å². The molecule has 0 spiro atoms. The lowest BCUT2D eigenvalue weighted by molar-refractivity contribution is 0.428. The van der Waals surface area contributed by atoms with Crippen molar-refractivity contribution in [2.24, 2.45) is 0 Å². The highest BCUT2D eigenvalue weighted by atomic mass is 16.3. The first-order valence-electron chi connectivity index (χ1n) is 6.72. The van der Waals surface area contributed by atoms with Crippen LogP contribution in [0.3, 0.4) is 0 Å². The van der Waals surface area contributed by atoms with Crippen LogP contribution in [0.1, 0.15) is 39.0 Å². The standard InChI is InChI=1S/C16H22N2O/c1-6-18-15(16(3,4)5)14(19)13(17-18)12-9-7-11(2)8-10-12/h7-10,19H,6H2,1-5H3. The number of aryl methyl sites for hydroxylation is 2. The smallest absolute Gasteiger partial charge is 0.165 e. The van der Waals surface area contributed by atoms with Gasteiger partial charge in [0.2, 0.25) is 0 Å². The van der Waals surface area contributed by atoms with Gasteiger partial charge in [-0.25, -0.2) is 0 Å². The van der Waals surface area contributed by atoms with Crippen LogP contribution >= 0.6 is 0 Å². The summed E-state index contributed by atoms with van der Waals surface area (Å²) in [7, 11) is 0. The van der Waals surface area contributed by atoms with E-state index in [0.29, 0.717) is 11.4 Å². The zero-order valence-corrected chi connectivity index (χ0v) is 12.4. The minimum Gasteiger partial charge on any atom is -0.504 e. The Kier molecular flexibility index (Phi) is 3.40. The van der Waals surface area contributed by atoms with Crippen LogP contribution in [0.15, 0.2) is 24.3 Å². The Labute approximate surface area is 114 Å². The Morgan fingerprint density at radius 2 is 1.74 bits per heavy atom. The van der Waals surface area contributed by atoms with Gasteiger partial charge in [-0.2, -0.15) is 5.10 Å². The van der Waals surface area contributed by atoms with Gasteiger partial charge in [0.15, 0.2) is 5.75 Å². The van der Waals surface area contributed by atoms with Crippen molar-refractivity contribution in [2.45, 2.75) is 46.6 Å². The lowest BCUT2D eigenvalue weighted by Gasteiger charge is -2.19. The predicted octanol–water partition coefficient (Wildman–Crippen LogP) is 3.88. The van der Waals surface area contributed by atoms with Crippen molar-refractivity contribution >= 4 is 0 Å². The van der Waals surface area contributed by atoms with Crippen molar-refractivity contribution in [2.75, 3.05) is 0 Å². The number of nitrogens with zero attached hydrogens (tertiary/aromatic N) is 2. The first-order valence-corrected chi connectivity index (χ1v) is 6.72. The van der Waals surface area contributed by atoms with Crippen LogP contribution in [0.5, 0.6) is 5.75 Å². The molecule has 0 radical (unpaired) electrons. The fourth-order valence-electron chi connectivity index (χ4n) is 2.33. The lowest BCUT2D eigenvalue weighted by atomic mass is 9.90. The average Bonchev–Trinajstić information content (AvgIpc) is 2.67. The zero-order valence-electron chi connectivity index (χ0n) is 12.4. The normalized spacial score (nSPS) is 11.8. The Morgan fingerprint density at radius 3 is 2.16 bits per heavy atom. The summed E-state index contributed by atoms with van der Waals surface area (Å²) in [5.41, 5.74) is 3.60. The molecule has 0 fully saturated rings. The SMILES string of the molecule is CCn1nc(-c2ccc(C)cc2)c(O)c1C(C)(C)C. The van der Waals surface area contributed by atoms with E-state index < -0.39 is 0 Å². The molecule has 0 unspecified atom stereocenters. The molecule has 0 aliphatic carbocycles. The van der Waals surface area contributed by atoms with E-state index in [4.69, 9.17) is 0 Å². The monoisotopic (exact) mass is 258 g/mol. The molecule has 0 atom stereocenters. The molecular formula is C16H22N2O. The maximum atomic E-state index is 10.5. The summed E-state index contributed by atoms with van der Waals surface area (Å²) in [6, 6.07) is 8.08. The van der Waals surface area contributed by atoms with Gasteiger partial charge in [0.05, 0.1) is 5.69 Å². The predicted molar refractivity (Wildman–Crippen MR) is 78.4 cm³/mol. The minimum atomic E-state index is -0.129. The topological polar surface area (TPSA) is 38.0 Å². The van der Waals surface area contributed by atoms with Crippen molar-refractivity contribution in [1.82, 2.24) is 9.78 Å². The van der Waals surface area contributed by atoms with Crippen molar-refractivity contribution in [3.63, 3.8) is 0 Å². The van der Waals surface area contributed by atoms with E-state index in [1.165, 1.54) is 5.56 Å².